The van der Waals surface area contributed by atoms with E-state index >= 15 is 0 Å². The second-order valence-electron chi connectivity index (χ2n) is 6.27. The zero-order valence-electron chi connectivity index (χ0n) is 16.5. The molecule has 0 spiro atoms. The highest BCUT2D eigenvalue weighted by Gasteiger charge is 2.27. The Labute approximate surface area is 164 Å². The molecule has 1 aliphatic rings. The number of rotatable bonds is 6. The number of aryl methyl sites for hydroxylation is 1. The normalized spacial score (nSPS) is 13.2. The number of benzene rings is 1. The van der Waals surface area contributed by atoms with Crippen molar-refractivity contribution in [1.82, 2.24) is 4.90 Å². The van der Waals surface area contributed by atoms with Gasteiger partial charge in [0.05, 0.1) is 19.8 Å². The molecular weight excluding hydrogens is 360 g/mol. The molecular formula is C21H24N2O5. The molecule has 0 radical (unpaired) electrons. The van der Waals surface area contributed by atoms with Gasteiger partial charge < -0.3 is 19.3 Å². The summed E-state index contributed by atoms with van der Waals surface area (Å²) in [4.78, 5) is 39.4. The van der Waals surface area contributed by atoms with E-state index in [-0.39, 0.29) is 17.2 Å². The van der Waals surface area contributed by atoms with Gasteiger partial charge in [0.2, 0.25) is 5.91 Å². The summed E-state index contributed by atoms with van der Waals surface area (Å²) < 4.78 is 9.68. The van der Waals surface area contributed by atoms with Crippen LogP contribution >= 0.6 is 0 Å². The van der Waals surface area contributed by atoms with E-state index in [9.17, 15) is 14.4 Å². The van der Waals surface area contributed by atoms with Gasteiger partial charge in [0.15, 0.2) is 0 Å². The molecule has 148 valence electrons. The van der Waals surface area contributed by atoms with Gasteiger partial charge in [-0.15, -0.1) is 0 Å². The third kappa shape index (κ3) is 4.88. The van der Waals surface area contributed by atoms with E-state index in [4.69, 9.17) is 9.47 Å². The van der Waals surface area contributed by atoms with E-state index in [1.807, 2.05) is 24.3 Å². The highest BCUT2D eigenvalue weighted by molar-refractivity contribution is 6.05. The lowest BCUT2D eigenvalue weighted by Gasteiger charge is -2.23. The van der Waals surface area contributed by atoms with E-state index in [0.29, 0.717) is 18.5 Å². The Balaban J connectivity index is 2.34. The summed E-state index contributed by atoms with van der Waals surface area (Å²) >= 11 is 0. The molecule has 0 saturated heterocycles. The minimum Gasteiger partial charge on any atom is -0.465 e. The highest BCUT2D eigenvalue weighted by Crippen LogP contribution is 2.26. The van der Waals surface area contributed by atoms with Crippen molar-refractivity contribution in [1.29, 1.82) is 0 Å². The van der Waals surface area contributed by atoms with Crippen molar-refractivity contribution in [2.24, 2.45) is 0 Å². The Kier molecular flexibility index (Phi) is 7.14. The predicted octanol–water partition coefficient (Wildman–Crippen LogP) is 2.20. The molecule has 0 atom stereocenters. The molecule has 0 bridgehead atoms. The second-order valence-corrected chi connectivity index (χ2v) is 6.27. The summed E-state index contributed by atoms with van der Waals surface area (Å²) in [7, 11) is 5.96. The quantitative estimate of drug-likeness (QED) is 0.700. The Bertz CT molecular complexity index is 835. The molecule has 1 aromatic carbocycles. The number of esters is 2. The molecule has 0 saturated carbocycles. The molecule has 1 amide bonds. The summed E-state index contributed by atoms with van der Waals surface area (Å²) in [6.07, 6.45) is 7.57. The summed E-state index contributed by atoms with van der Waals surface area (Å²) in [6.45, 7) is 0. The summed E-state index contributed by atoms with van der Waals surface area (Å²) in [6, 6.07) is 7.42. The Morgan fingerprint density at radius 1 is 0.964 bits per heavy atom. The van der Waals surface area contributed by atoms with Gasteiger partial charge >= 0.3 is 11.9 Å². The van der Waals surface area contributed by atoms with Crippen molar-refractivity contribution in [3.63, 3.8) is 0 Å². The molecule has 0 aliphatic carbocycles. The fraction of sp³-hybridized carbons (Fsp3) is 0.286. The van der Waals surface area contributed by atoms with E-state index in [1.54, 1.807) is 42.2 Å². The van der Waals surface area contributed by atoms with Crippen LogP contribution in [0.2, 0.25) is 0 Å². The van der Waals surface area contributed by atoms with Gasteiger partial charge in [0, 0.05) is 32.4 Å². The number of anilines is 1. The van der Waals surface area contributed by atoms with E-state index < -0.39 is 11.9 Å². The number of allylic oxidation sites excluding steroid dienone is 2. The lowest BCUT2D eigenvalue weighted by molar-refractivity contribution is -0.139. The number of carbonyl (C=O) groups is 3. The van der Waals surface area contributed by atoms with Crippen LogP contribution in [0.5, 0.6) is 0 Å². The summed E-state index contributed by atoms with van der Waals surface area (Å²) in [5, 5.41) is 0. The molecule has 0 unspecified atom stereocenters. The average Bonchev–Trinajstić information content (AvgIpc) is 2.94. The SMILES string of the molecule is COC(=O)C1=C(C(=O)OC)N(c2ccc(CCC(=O)N(C)C)cc2)C=CC=C1. The first-order valence-electron chi connectivity index (χ1n) is 8.73. The zero-order chi connectivity index (χ0) is 20.7. The van der Waals surface area contributed by atoms with E-state index in [2.05, 4.69) is 0 Å². The lowest BCUT2D eigenvalue weighted by atomic mass is 10.1. The first-order chi connectivity index (χ1) is 13.4. The maximum absolute atomic E-state index is 12.4. The van der Waals surface area contributed by atoms with Crippen molar-refractivity contribution >= 4 is 23.5 Å². The van der Waals surface area contributed by atoms with Crippen LogP contribution in [0.15, 0.2) is 60.0 Å². The van der Waals surface area contributed by atoms with E-state index in [1.165, 1.54) is 20.3 Å². The molecule has 1 aliphatic heterocycles. The van der Waals surface area contributed by atoms with Crippen LogP contribution in [-0.4, -0.2) is 51.1 Å². The van der Waals surface area contributed by atoms with Gasteiger partial charge in [0.1, 0.15) is 5.70 Å². The molecule has 28 heavy (non-hydrogen) atoms. The van der Waals surface area contributed by atoms with Gasteiger partial charge in [-0.3, -0.25) is 4.79 Å². The number of hydrogen-bond acceptors (Lipinski definition) is 6. The minimum absolute atomic E-state index is 0.0595. The monoisotopic (exact) mass is 384 g/mol. The maximum Gasteiger partial charge on any atom is 0.355 e. The zero-order valence-corrected chi connectivity index (χ0v) is 16.5. The fourth-order valence-corrected chi connectivity index (χ4v) is 2.66. The van der Waals surface area contributed by atoms with Crippen LogP contribution in [0.3, 0.4) is 0 Å². The van der Waals surface area contributed by atoms with Crippen molar-refractivity contribution < 1.29 is 23.9 Å². The third-order valence-corrected chi connectivity index (χ3v) is 4.23. The van der Waals surface area contributed by atoms with Gasteiger partial charge in [-0.1, -0.05) is 18.2 Å². The molecule has 7 nitrogen and oxygen atoms in total. The number of hydrogen-bond donors (Lipinski definition) is 0. The maximum atomic E-state index is 12.4. The molecule has 7 heteroatoms. The minimum atomic E-state index is -0.655. The van der Waals surface area contributed by atoms with Crippen LogP contribution in [0.1, 0.15) is 12.0 Å². The fourth-order valence-electron chi connectivity index (χ4n) is 2.66. The Morgan fingerprint density at radius 3 is 2.18 bits per heavy atom. The summed E-state index contributed by atoms with van der Waals surface area (Å²) in [5.74, 6) is -1.23. The topological polar surface area (TPSA) is 76.2 Å². The van der Waals surface area contributed by atoms with Gasteiger partial charge in [0.25, 0.3) is 0 Å². The molecule has 0 fully saturated rings. The number of nitrogens with zero attached hydrogens (tertiary/aromatic N) is 2. The van der Waals surface area contributed by atoms with Crippen LogP contribution in [0, 0.1) is 0 Å². The first kappa shape index (κ1) is 21.0. The van der Waals surface area contributed by atoms with Crippen LogP contribution in [0.25, 0.3) is 0 Å². The highest BCUT2D eigenvalue weighted by atomic mass is 16.5. The second kappa shape index (κ2) is 9.55. The van der Waals surface area contributed by atoms with Crippen LogP contribution in [-0.2, 0) is 30.3 Å². The molecule has 2 rings (SSSR count). The van der Waals surface area contributed by atoms with Crippen LogP contribution in [0.4, 0.5) is 5.69 Å². The van der Waals surface area contributed by atoms with Crippen molar-refractivity contribution in [2.75, 3.05) is 33.2 Å². The van der Waals surface area contributed by atoms with E-state index in [0.717, 1.165) is 5.56 Å². The van der Waals surface area contributed by atoms with Crippen molar-refractivity contribution in [3.05, 3.63) is 65.5 Å². The largest absolute Gasteiger partial charge is 0.465 e. The molecule has 1 aromatic rings. The van der Waals surface area contributed by atoms with Gasteiger partial charge in [-0.05, 0) is 36.3 Å². The van der Waals surface area contributed by atoms with Crippen molar-refractivity contribution in [3.8, 4) is 0 Å². The predicted molar refractivity (Wildman–Crippen MR) is 105 cm³/mol. The van der Waals surface area contributed by atoms with Crippen LogP contribution < -0.4 is 4.90 Å². The standard InChI is InChI=1S/C21H24N2O5/c1-22(2)18(24)13-10-15-8-11-16(12-9-15)23-14-6-5-7-17(20(25)27-3)19(23)21(26)28-4/h5-9,11-12,14H,10,13H2,1-4H3. The summed E-state index contributed by atoms with van der Waals surface area (Å²) in [5.41, 5.74) is 1.83. The van der Waals surface area contributed by atoms with Gasteiger partial charge in [-0.25, -0.2) is 9.59 Å². The molecule has 0 N–H and O–H groups in total. The Hall–Kier alpha value is -3.35. The molecule has 0 aromatic heterocycles. The Morgan fingerprint density at radius 2 is 1.61 bits per heavy atom. The lowest BCUT2D eigenvalue weighted by Crippen LogP contribution is -2.27. The first-order valence-corrected chi connectivity index (χ1v) is 8.73. The smallest absolute Gasteiger partial charge is 0.355 e. The average molecular weight is 384 g/mol. The number of ether oxygens (including phenoxy) is 2. The third-order valence-electron chi connectivity index (χ3n) is 4.23. The number of amides is 1. The molecule has 1 heterocycles. The number of carbonyl (C=O) groups excluding carboxylic acids is 3. The number of methoxy groups -OCH3 is 2. The van der Waals surface area contributed by atoms with Gasteiger partial charge in [-0.2, -0.15) is 0 Å². The van der Waals surface area contributed by atoms with Crippen molar-refractivity contribution in [2.45, 2.75) is 12.8 Å².